The number of rotatable bonds is 1. The van der Waals surface area contributed by atoms with Crippen molar-refractivity contribution in [2.45, 2.75) is 61.3 Å². The first-order chi connectivity index (χ1) is 6.91. The predicted octanol–water partition coefficient (Wildman–Crippen LogP) is 5.36. The van der Waals surface area contributed by atoms with Crippen LogP contribution in [-0.4, -0.2) is 0 Å². The monoisotopic (exact) mass is 208 g/mol. The van der Waals surface area contributed by atoms with Crippen LogP contribution in [0.4, 0.5) is 0 Å². The maximum Gasteiger partial charge on any atom is -0.0170 e. The Hall–Kier alpha value is -0.520. The predicted molar refractivity (Wildman–Crippen MR) is 71.0 cm³/mol. The zero-order valence-corrected chi connectivity index (χ0v) is 11.6. The van der Waals surface area contributed by atoms with E-state index in [1.165, 1.54) is 12.8 Å². The van der Waals surface area contributed by atoms with Gasteiger partial charge in [0.2, 0.25) is 0 Å². The van der Waals surface area contributed by atoms with Crippen LogP contribution in [0.15, 0.2) is 23.3 Å². The van der Waals surface area contributed by atoms with Crippen molar-refractivity contribution in [3.05, 3.63) is 23.3 Å². The van der Waals surface area contributed by atoms with Crippen molar-refractivity contribution >= 4 is 0 Å². The van der Waals surface area contributed by atoms with E-state index in [0.717, 1.165) is 5.92 Å². The van der Waals surface area contributed by atoms with Gasteiger partial charge in [-0.15, -0.1) is 0 Å². The highest BCUT2D eigenvalue weighted by molar-refractivity contribution is 5.27. The van der Waals surface area contributed by atoms with Crippen LogP contribution in [0.25, 0.3) is 0 Å². The number of allylic oxidation sites excluding steroid dienone is 4. The van der Waals surface area contributed by atoms with Gasteiger partial charge < -0.3 is 0 Å². The van der Waals surface area contributed by atoms with E-state index in [2.05, 4.69) is 46.8 Å². The molecule has 0 unspecified atom stereocenters. The Balaban J connectivity index is 0.000000921. The molecule has 0 amide bonds. The first-order valence-corrected chi connectivity index (χ1v) is 6.31. The highest BCUT2D eigenvalue weighted by atomic mass is 14.2. The molecule has 0 aromatic heterocycles. The average Bonchev–Trinajstić information content (AvgIpc) is 2.20. The first kappa shape index (κ1) is 14.5. The topological polar surface area (TPSA) is 0 Å². The molecule has 1 rings (SSSR count). The lowest BCUT2D eigenvalue weighted by atomic mass is 9.79. The largest absolute Gasteiger partial charge is 0.0683 e. The summed E-state index contributed by atoms with van der Waals surface area (Å²) in [6.07, 6.45) is 7.18. The van der Waals surface area contributed by atoms with Gasteiger partial charge in [-0.25, -0.2) is 0 Å². The molecule has 0 heteroatoms. The average molecular weight is 208 g/mol. The Kier molecular flexibility index (Phi) is 5.93. The number of hydrogen-bond acceptors (Lipinski definition) is 0. The lowest BCUT2D eigenvalue weighted by Gasteiger charge is -2.26. The SMILES string of the molecule is CC.CC(C)C1=CC=C(C(C)(C)C)CC1. The molecule has 15 heavy (non-hydrogen) atoms. The lowest BCUT2D eigenvalue weighted by Crippen LogP contribution is -2.12. The molecule has 0 aliphatic heterocycles. The molecule has 0 aromatic rings. The Bertz CT molecular complexity index is 233. The number of hydrogen-bond donors (Lipinski definition) is 0. The van der Waals surface area contributed by atoms with Crippen molar-refractivity contribution in [3.8, 4) is 0 Å². The van der Waals surface area contributed by atoms with Crippen molar-refractivity contribution in [1.82, 2.24) is 0 Å². The van der Waals surface area contributed by atoms with Gasteiger partial charge in [0.1, 0.15) is 0 Å². The fourth-order valence-corrected chi connectivity index (χ4v) is 1.76. The molecular weight excluding hydrogens is 180 g/mol. The van der Waals surface area contributed by atoms with Crippen LogP contribution in [0.5, 0.6) is 0 Å². The normalized spacial score (nSPS) is 16.5. The van der Waals surface area contributed by atoms with Crippen LogP contribution < -0.4 is 0 Å². The maximum atomic E-state index is 2.33. The van der Waals surface area contributed by atoms with Gasteiger partial charge in [-0.2, -0.15) is 0 Å². The minimum Gasteiger partial charge on any atom is -0.0683 e. The van der Waals surface area contributed by atoms with Gasteiger partial charge in [-0.1, -0.05) is 71.8 Å². The van der Waals surface area contributed by atoms with Gasteiger partial charge in [0.15, 0.2) is 0 Å². The first-order valence-electron chi connectivity index (χ1n) is 6.31. The summed E-state index contributed by atoms with van der Waals surface area (Å²) in [5.41, 5.74) is 3.56. The quantitative estimate of drug-likeness (QED) is 0.544. The van der Waals surface area contributed by atoms with Crippen LogP contribution in [0, 0.1) is 11.3 Å². The molecule has 0 nitrogen and oxygen atoms in total. The lowest BCUT2D eigenvalue weighted by molar-refractivity contribution is 0.475. The van der Waals surface area contributed by atoms with E-state index in [9.17, 15) is 0 Å². The molecule has 0 heterocycles. The molecule has 0 bridgehead atoms. The smallest absolute Gasteiger partial charge is 0.0170 e. The van der Waals surface area contributed by atoms with Gasteiger partial charge in [0.25, 0.3) is 0 Å². The summed E-state index contributed by atoms with van der Waals surface area (Å²) in [4.78, 5) is 0. The molecule has 0 radical (unpaired) electrons. The molecule has 1 aliphatic carbocycles. The molecule has 1 aliphatic rings. The molecule has 0 fully saturated rings. The van der Waals surface area contributed by atoms with Crippen molar-refractivity contribution in [1.29, 1.82) is 0 Å². The van der Waals surface area contributed by atoms with Crippen molar-refractivity contribution in [3.63, 3.8) is 0 Å². The molecule has 0 N–H and O–H groups in total. The minimum atomic E-state index is 0.360. The van der Waals surface area contributed by atoms with Crippen LogP contribution >= 0.6 is 0 Å². The van der Waals surface area contributed by atoms with E-state index >= 15 is 0 Å². The zero-order valence-electron chi connectivity index (χ0n) is 11.6. The van der Waals surface area contributed by atoms with E-state index in [-0.39, 0.29) is 0 Å². The van der Waals surface area contributed by atoms with Crippen molar-refractivity contribution in [2.24, 2.45) is 11.3 Å². The second kappa shape index (κ2) is 6.15. The summed E-state index contributed by atoms with van der Waals surface area (Å²) >= 11 is 0. The van der Waals surface area contributed by atoms with E-state index < -0.39 is 0 Å². The Labute approximate surface area is 96.5 Å². The van der Waals surface area contributed by atoms with E-state index in [4.69, 9.17) is 0 Å². The van der Waals surface area contributed by atoms with Crippen molar-refractivity contribution < 1.29 is 0 Å². The summed E-state index contributed by atoms with van der Waals surface area (Å²) in [5.74, 6) is 0.720. The van der Waals surface area contributed by atoms with Crippen molar-refractivity contribution in [2.75, 3.05) is 0 Å². The van der Waals surface area contributed by atoms with Crippen LogP contribution in [0.3, 0.4) is 0 Å². The summed E-state index contributed by atoms with van der Waals surface area (Å²) in [6.45, 7) is 15.5. The molecule has 88 valence electrons. The summed E-state index contributed by atoms with van der Waals surface area (Å²) in [5, 5.41) is 0. The fraction of sp³-hybridized carbons (Fsp3) is 0.733. The summed E-state index contributed by atoms with van der Waals surface area (Å²) in [7, 11) is 0. The molecule has 0 aromatic carbocycles. The van der Waals surface area contributed by atoms with Gasteiger partial charge in [-0.05, 0) is 24.2 Å². The Morgan fingerprint density at radius 2 is 1.53 bits per heavy atom. The molecular formula is C15H28. The zero-order chi connectivity index (χ0) is 12.1. The second-order valence-electron chi connectivity index (χ2n) is 5.34. The summed E-state index contributed by atoms with van der Waals surface area (Å²) in [6, 6.07) is 0. The third-order valence-corrected chi connectivity index (χ3v) is 2.89. The standard InChI is InChI=1S/C13H22.C2H6/c1-10(2)11-6-8-12(9-7-11)13(3,4)5;1-2/h6,8,10H,7,9H2,1-5H3;1-2H3. The van der Waals surface area contributed by atoms with E-state index in [0.29, 0.717) is 5.41 Å². The van der Waals surface area contributed by atoms with Gasteiger partial charge in [0.05, 0.1) is 0 Å². The van der Waals surface area contributed by atoms with Crippen LogP contribution in [0.1, 0.15) is 61.3 Å². The summed E-state index contributed by atoms with van der Waals surface area (Å²) < 4.78 is 0. The van der Waals surface area contributed by atoms with Crippen LogP contribution in [-0.2, 0) is 0 Å². The van der Waals surface area contributed by atoms with E-state index in [1.807, 2.05) is 13.8 Å². The fourth-order valence-electron chi connectivity index (χ4n) is 1.76. The molecule has 0 atom stereocenters. The third-order valence-electron chi connectivity index (χ3n) is 2.89. The minimum absolute atomic E-state index is 0.360. The highest BCUT2D eigenvalue weighted by Crippen LogP contribution is 2.34. The highest BCUT2D eigenvalue weighted by Gasteiger charge is 2.19. The van der Waals surface area contributed by atoms with Crippen LogP contribution in [0.2, 0.25) is 0 Å². The van der Waals surface area contributed by atoms with Gasteiger partial charge in [0, 0.05) is 0 Å². The Morgan fingerprint density at radius 1 is 1.00 bits per heavy atom. The third kappa shape index (κ3) is 4.68. The molecule has 0 saturated carbocycles. The van der Waals surface area contributed by atoms with E-state index in [1.54, 1.807) is 11.1 Å². The van der Waals surface area contributed by atoms with Gasteiger partial charge in [-0.3, -0.25) is 0 Å². The second-order valence-corrected chi connectivity index (χ2v) is 5.34. The Morgan fingerprint density at radius 3 is 1.80 bits per heavy atom. The maximum absolute atomic E-state index is 2.33. The molecule has 0 spiro atoms. The molecule has 0 saturated heterocycles. The van der Waals surface area contributed by atoms with Gasteiger partial charge >= 0.3 is 0 Å².